The van der Waals surface area contributed by atoms with Gasteiger partial charge in [-0.05, 0) is 33.2 Å². The Hall–Kier alpha value is -0.120. The first kappa shape index (κ1) is 13.9. The van der Waals surface area contributed by atoms with Crippen LogP contribution >= 0.6 is 0 Å². The lowest BCUT2D eigenvalue weighted by atomic mass is 9.76. The van der Waals surface area contributed by atoms with Crippen molar-refractivity contribution in [3.8, 4) is 0 Å². The molecule has 0 bridgehead atoms. The van der Waals surface area contributed by atoms with Crippen molar-refractivity contribution in [2.75, 3.05) is 33.4 Å². The van der Waals surface area contributed by atoms with Crippen molar-refractivity contribution in [3.05, 3.63) is 0 Å². The SMILES string of the molecule is CCOCCN(C)C(C)(CN)CC1CCC1. The molecule has 0 aromatic rings. The van der Waals surface area contributed by atoms with Gasteiger partial charge in [-0.3, -0.25) is 4.90 Å². The van der Waals surface area contributed by atoms with E-state index in [-0.39, 0.29) is 5.54 Å². The molecule has 0 amide bonds. The fraction of sp³-hybridized carbons (Fsp3) is 1.00. The molecule has 2 N–H and O–H groups in total. The number of likely N-dealkylation sites (N-methyl/N-ethyl adjacent to an activating group) is 1. The van der Waals surface area contributed by atoms with Gasteiger partial charge in [0.2, 0.25) is 0 Å². The van der Waals surface area contributed by atoms with Crippen LogP contribution in [0.25, 0.3) is 0 Å². The minimum absolute atomic E-state index is 0.155. The first-order valence-corrected chi connectivity index (χ1v) is 6.61. The summed E-state index contributed by atoms with van der Waals surface area (Å²) in [5.41, 5.74) is 6.11. The van der Waals surface area contributed by atoms with E-state index in [2.05, 4.69) is 18.9 Å². The average molecular weight is 228 g/mol. The van der Waals surface area contributed by atoms with Crippen LogP contribution in [0.15, 0.2) is 0 Å². The summed E-state index contributed by atoms with van der Waals surface area (Å²) in [4.78, 5) is 2.38. The summed E-state index contributed by atoms with van der Waals surface area (Å²) in [6.07, 6.45) is 5.45. The van der Waals surface area contributed by atoms with Gasteiger partial charge in [-0.15, -0.1) is 0 Å². The summed E-state index contributed by atoms with van der Waals surface area (Å²) in [5, 5.41) is 0. The quantitative estimate of drug-likeness (QED) is 0.645. The first-order valence-electron chi connectivity index (χ1n) is 6.61. The lowest BCUT2D eigenvalue weighted by Crippen LogP contribution is -2.52. The van der Waals surface area contributed by atoms with Gasteiger partial charge in [0.1, 0.15) is 0 Å². The molecule has 16 heavy (non-hydrogen) atoms. The fourth-order valence-electron chi connectivity index (χ4n) is 2.33. The molecule has 0 radical (unpaired) electrons. The molecule has 0 spiro atoms. The average Bonchev–Trinajstić information content (AvgIpc) is 2.23. The molecule has 1 rings (SSSR count). The first-order chi connectivity index (χ1) is 7.62. The van der Waals surface area contributed by atoms with Gasteiger partial charge in [0.05, 0.1) is 6.61 Å². The maximum Gasteiger partial charge on any atom is 0.0593 e. The molecule has 0 heterocycles. The summed E-state index contributed by atoms with van der Waals surface area (Å²) in [6, 6.07) is 0. The Bertz CT molecular complexity index is 194. The Balaban J connectivity index is 2.35. The van der Waals surface area contributed by atoms with E-state index in [9.17, 15) is 0 Å². The molecular formula is C13H28N2O. The third-order valence-corrected chi connectivity index (χ3v) is 4.09. The van der Waals surface area contributed by atoms with Crippen molar-refractivity contribution in [3.63, 3.8) is 0 Å². The molecule has 1 aliphatic rings. The predicted molar refractivity (Wildman–Crippen MR) is 68.5 cm³/mol. The summed E-state index contributed by atoms with van der Waals surface area (Å²) in [6.45, 7) is 7.66. The van der Waals surface area contributed by atoms with Crippen LogP contribution in [0.4, 0.5) is 0 Å². The van der Waals surface area contributed by atoms with E-state index in [1.165, 1.54) is 25.7 Å². The third kappa shape index (κ3) is 3.72. The van der Waals surface area contributed by atoms with Crippen molar-refractivity contribution in [2.45, 2.75) is 45.1 Å². The number of rotatable bonds is 8. The Morgan fingerprint density at radius 3 is 2.56 bits per heavy atom. The van der Waals surface area contributed by atoms with Crippen molar-refractivity contribution >= 4 is 0 Å². The van der Waals surface area contributed by atoms with Gasteiger partial charge in [-0.1, -0.05) is 19.3 Å². The minimum Gasteiger partial charge on any atom is -0.380 e. The second kappa shape index (κ2) is 6.58. The second-order valence-corrected chi connectivity index (χ2v) is 5.32. The maximum atomic E-state index is 5.96. The summed E-state index contributed by atoms with van der Waals surface area (Å²) in [7, 11) is 2.17. The van der Waals surface area contributed by atoms with Crippen LogP contribution in [0.2, 0.25) is 0 Å². The zero-order valence-electron chi connectivity index (χ0n) is 11.2. The molecule has 96 valence electrons. The van der Waals surface area contributed by atoms with Gasteiger partial charge in [-0.2, -0.15) is 0 Å². The smallest absolute Gasteiger partial charge is 0.0593 e. The van der Waals surface area contributed by atoms with E-state index in [4.69, 9.17) is 10.5 Å². The van der Waals surface area contributed by atoms with Gasteiger partial charge in [0, 0.05) is 25.2 Å². The highest BCUT2D eigenvalue weighted by Crippen LogP contribution is 2.35. The van der Waals surface area contributed by atoms with E-state index < -0.39 is 0 Å². The number of hydrogen-bond donors (Lipinski definition) is 1. The van der Waals surface area contributed by atoms with Gasteiger partial charge in [-0.25, -0.2) is 0 Å². The summed E-state index contributed by atoms with van der Waals surface area (Å²) >= 11 is 0. The summed E-state index contributed by atoms with van der Waals surface area (Å²) < 4.78 is 5.41. The molecule has 0 aromatic heterocycles. The molecule has 3 heteroatoms. The lowest BCUT2D eigenvalue weighted by molar-refractivity contribution is 0.0534. The molecule has 1 atom stereocenters. The van der Waals surface area contributed by atoms with Gasteiger partial charge in [0.15, 0.2) is 0 Å². The van der Waals surface area contributed by atoms with Crippen LogP contribution in [0.5, 0.6) is 0 Å². The van der Waals surface area contributed by atoms with E-state index in [1.807, 2.05) is 6.92 Å². The molecule has 1 unspecified atom stereocenters. The molecule has 1 fully saturated rings. The lowest BCUT2D eigenvalue weighted by Gasteiger charge is -2.42. The largest absolute Gasteiger partial charge is 0.380 e. The van der Waals surface area contributed by atoms with Gasteiger partial charge >= 0.3 is 0 Å². The van der Waals surface area contributed by atoms with Gasteiger partial charge in [0.25, 0.3) is 0 Å². The van der Waals surface area contributed by atoms with Crippen LogP contribution in [0, 0.1) is 5.92 Å². The zero-order chi connectivity index (χ0) is 12.0. The van der Waals surface area contributed by atoms with Crippen LogP contribution < -0.4 is 5.73 Å². The molecule has 0 saturated heterocycles. The van der Waals surface area contributed by atoms with E-state index >= 15 is 0 Å². The van der Waals surface area contributed by atoms with E-state index in [0.717, 1.165) is 32.2 Å². The van der Waals surface area contributed by atoms with Crippen molar-refractivity contribution < 1.29 is 4.74 Å². The normalized spacial score (nSPS) is 20.8. The monoisotopic (exact) mass is 228 g/mol. The molecule has 0 aliphatic heterocycles. The van der Waals surface area contributed by atoms with Crippen LogP contribution in [0.3, 0.4) is 0 Å². The third-order valence-electron chi connectivity index (χ3n) is 4.09. The van der Waals surface area contributed by atoms with Crippen molar-refractivity contribution in [1.82, 2.24) is 4.90 Å². The Labute approximate surface area is 100 Å². The molecule has 1 aliphatic carbocycles. The zero-order valence-corrected chi connectivity index (χ0v) is 11.2. The number of ether oxygens (including phenoxy) is 1. The van der Waals surface area contributed by atoms with E-state index in [0.29, 0.717) is 0 Å². The maximum absolute atomic E-state index is 5.96. The Kier molecular flexibility index (Phi) is 5.73. The number of nitrogens with zero attached hydrogens (tertiary/aromatic N) is 1. The molecule has 1 saturated carbocycles. The van der Waals surface area contributed by atoms with Crippen LogP contribution in [0.1, 0.15) is 39.5 Å². The van der Waals surface area contributed by atoms with Crippen molar-refractivity contribution in [2.24, 2.45) is 11.7 Å². The van der Waals surface area contributed by atoms with Crippen LogP contribution in [-0.4, -0.2) is 43.8 Å². The fourth-order valence-corrected chi connectivity index (χ4v) is 2.33. The highest BCUT2D eigenvalue weighted by Gasteiger charge is 2.32. The summed E-state index contributed by atoms with van der Waals surface area (Å²) in [5.74, 6) is 0.906. The van der Waals surface area contributed by atoms with Gasteiger partial charge < -0.3 is 10.5 Å². The number of nitrogens with two attached hydrogens (primary N) is 1. The minimum atomic E-state index is 0.155. The van der Waals surface area contributed by atoms with Crippen LogP contribution in [-0.2, 0) is 4.74 Å². The van der Waals surface area contributed by atoms with E-state index in [1.54, 1.807) is 0 Å². The molecule has 3 nitrogen and oxygen atoms in total. The van der Waals surface area contributed by atoms with Crippen molar-refractivity contribution in [1.29, 1.82) is 0 Å². The Morgan fingerprint density at radius 1 is 1.44 bits per heavy atom. The topological polar surface area (TPSA) is 38.5 Å². The predicted octanol–water partition coefficient (Wildman–Crippen LogP) is 1.86. The standard InChI is InChI=1S/C13H28N2O/c1-4-16-9-8-15(3)13(2,11-14)10-12-6-5-7-12/h12H,4-11,14H2,1-3H3. The highest BCUT2D eigenvalue weighted by molar-refractivity contribution is 4.90. The second-order valence-electron chi connectivity index (χ2n) is 5.32. The number of hydrogen-bond acceptors (Lipinski definition) is 3. The molecular weight excluding hydrogens is 200 g/mol. The Morgan fingerprint density at radius 2 is 2.12 bits per heavy atom. The molecule has 0 aromatic carbocycles. The highest BCUT2D eigenvalue weighted by atomic mass is 16.5.